The molecule has 0 aliphatic rings. The summed E-state index contributed by atoms with van der Waals surface area (Å²) >= 11 is 0. The van der Waals surface area contributed by atoms with Crippen LogP contribution in [0.4, 0.5) is 21.7 Å². The van der Waals surface area contributed by atoms with E-state index in [4.69, 9.17) is 10.6 Å². The minimum atomic E-state index is -0.372. The van der Waals surface area contributed by atoms with Crippen LogP contribution in [0.3, 0.4) is 0 Å². The van der Waals surface area contributed by atoms with Gasteiger partial charge in [0.05, 0.1) is 12.8 Å². The van der Waals surface area contributed by atoms with Crippen molar-refractivity contribution in [1.82, 2.24) is 9.97 Å². The zero-order chi connectivity index (χ0) is 13.8. The zero-order valence-electron chi connectivity index (χ0n) is 10.6. The Labute approximate surface area is 109 Å². The summed E-state index contributed by atoms with van der Waals surface area (Å²) in [6, 6.07) is 4.85. The number of hydrogen-bond donors (Lipinski definition) is 3. The standard InChI is InChI=1S/C12H14FN5O/c1-7-3-4-9(8(13)5-7)17-11-10(19-2)12(18-14)16-6-15-11/h3-6H,14H2,1-2H3,(H2,15,16,17,18). The third-order valence-corrected chi connectivity index (χ3v) is 2.52. The van der Waals surface area contributed by atoms with Crippen molar-refractivity contribution < 1.29 is 9.13 Å². The third kappa shape index (κ3) is 2.71. The predicted molar refractivity (Wildman–Crippen MR) is 70.8 cm³/mol. The molecule has 0 spiro atoms. The minimum Gasteiger partial charge on any atom is -0.490 e. The van der Waals surface area contributed by atoms with Gasteiger partial charge in [-0.05, 0) is 24.6 Å². The van der Waals surface area contributed by atoms with Crippen molar-refractivity contribution in [2.24, 2.45) is 5.84 Å². The van der Waals surface area contributed by atoms with Gasteiger partial charge in [-0.3, -0.25) is 0 Å². The first-order valence-electron chi connectivity index (χ1n) is 5.54. The van der Waals surface area contributed by atoms with Crippen LogP contribution in [-0.4, -0.2) is 17.1 Å². The Morgan fingerprint density at radius 1 is 1.26 bits per heavy atom. The number of ether oxygens (including phenoxy) is 1. The molecule has 7 heteroatoms. The number of nitrogens with zero attached hydrogens (tertiary/aromatic N) is 2. The minimum absolute atomic E-state index is 0.297. The fourth-order valence-electron chi connectivity index (χ4n) is 1.61. The van der Waals surface area contributed by atoms with E-state index in [0.717, 1.165) is 5.56 Å². The van der Waals surface area contributed by atoms with Crippen molar-refractivity contribution in [3.63, 3.8) is 0 Å². The maximum Gasteiger partial charge on any atom is 0.205 e. The molecule has 19 heavy (non-hydrogen) atoms. The number of hydrogen-bond acceptors (Lipinski definition) is 6. The molecule has 0 radical (unpaired) electrons. The third-order valence-electron chi connectivity index (χ3n) is 2.52. The predicted octanol–water partition coefficient (Wildman–Crippen LogP) is 1.96. The first kappa shape index (κ1) is 13.0. The van der Waals surface area contributed by atoms with Gasteiger partial charge in [-0.15, -0.1) is 0 Å². The summed E-state index contributed by atoms with van der Waals surface area (Å²) in [4.78, 5) is 7.91. The molecule has 0 aliphatic heterocycles. The summed E-state index contributed by atoms with van der Waals surface area (Å²) in [5, 5.41) is 2.85. The molecule has 0 saturated heterocycles. The van der Waals surface area contributed by atoms with Gasteiger partial charge in [0.2, 0.25) is 5.75 Å². The van der Waals surface area contributed by atoms with Crippen LogP contribution < -0.4 is 21.3 Å². The van der Waals surface area contributed by atoms with Crippen LogP contribution in [0.25, 0.3) is 0 Å². The second kappa shape index (κ2) is 5.49. The lowest BCUT2D eigenvalue weighted by Gasteiger charge is -2.13. The van der Waals surface area contributed by atoms with E-state index in [-0.39, 0.29) is 5.82 Å². The highest BCUT2D eigenvalue weighted by Gasteiger charge is 2.13. The molecule has 1 aromatic heterocycles. The van der Waals surface area contributed by atoms with Crippen LogP contribution in [0.2, 0.25) is 0 Å². The number of anilines is 3. The van der Waals surface area contributed by atoms with Gasteiger partial charge in [0.25, 0.3) is 0 Å². The molecule has 0 amide bonds. The van der Waals surface area contributed by atoms with Crippen molar-refractivity contribution in [2.45, 2.75) is 6.92 Å². The topological polar surface area (TPSA) is 85.1 Å². The van der Waals surface area contributed by atoms with Gasteiger partial charge in [0, 0.05) is 0 Å². The molecule has 0 aliphatic carbocycles. The molecular formula is C12H14FN5O. The van der Waals surface area contributed by atoms with E-state index in [1.165, 1.54) is 19.5 Å². The number of rotatable bonds is 4. The average molecular weight is 263 g/mol. The van der Waals surface area contributed by atoms with E-state index >= 15 is 0 Å². The number of halogens is 1. The van der Waals surface area contributed by atoms with E-state index in [9.17, 15) is 4.39 Å². The van der Waals surface area contributed by atoms with Gasteiger partial charge in [-0.25, -0.2) is 20.2 Å². The highest BCUT2D eigenvalue weighted by atomic mass is 19.1. The summed E-state index contributed by atoms with van der Waals surface area (Å²) in [7, 11) is 1.45. The molecule has 0 atom stereocenters. The maximum absolute atomic E-state index is 13.8. The Kier molecular flexibility index (Phi) is 3.76. The molecule has 0 fully saturated rings. The quantitative estimate of drug-likeness (QED) is 0.577. The zero-order valence-corrected chi connectivity index (χ0v) is 10.6. The first-order valence-corrected chi connectivity index (χ1v) is 5.54. The monoisotopic (exact) mass is 263 g/mol. The van der Waals surface area contributed by atoms with Crippen molar-refractivity contribution in [3.05, 3.63) is 35.9 Å². The second-order valence-corrected chi connectivity index (χ2v) is 3.86. The van der Waals surface area contributed by atoms with Gasteiger partial charge in [-0.2, -0.15) is 0 Å². The largest absolute Gasteiger partial charge is 0.490 e. The van der Waals surface area contributed by atoms with Gasteiger partial charge >= 0.3 is 0 Å². The summed E-state index contributed by atoms with van der Waals surface area (Å²) in [5.41, 5.74) is 3.52. The number of nitrogen functional groups attached to an aromatic ring is 1. The summed E-state index contributed by atoms with van der Waals surface area (Å²) < 4.78 is 18.9. The Bertz CT molecular complexity index is 590. The molecule has 2 rings (SSSR count). The van der Waals surface area contributed by atoms with Gasteiger partial charge < -0.3 is 15.5 Å². The molecular weight excluding hydrogens is 249 g/mol. The Balaban J connectivity index is 2.37. The maximum atomic E-state index is 13.8. The summed E-state index contributed by atoms with van der Waals surface area (Å²) in [6.07, 6.45) is 1.30. The Morgan fingerprint density at radius 3 is 2.63 bits per heavy atom. The average Bonchev–Trinajstić information content (AvgIpc) is 2.41. The SMILES string of the molecule is COc1c(NN)ncnc1Nc1ccc(C)cc1F. The van der Waals surface area contributed by atoms with Gasteiger partial charge in [0.1, 0.15) is 12.1 Å². The molecule has 0 unspecified atom stereocenters. The van der Waals surface area contributed by atoms with Crippen molar-refractivity contribution in [3.8, 4) is 5.75 Å². The molecule has 0 saturated carbocycles. The highest BCUT2D eigenvalue weighted by molar-refractivity contribution is 5.69. The van der Waals surface area contributed by atoms with E-state index in [2.05, 4.69) is 20.7 Å². The van der Waals surface area contributed by atoms with Gasteiger partial charge in [0.15, 0.2) is 11.6 Å². The molecule has 100 valence electrons. The van der Waals surface area contributed by atoms with E-state index in [1.54, 1.807) is 12.1 Å². The van der Waals surface area contributed by atoms with Crippen molar-refractivity contribution in [2.75, 3.05) is 17.9 Å². The summed E-state index contributed by atoms with van der Waals surface area (Å²) in [6.45, 7) is 1.81. The van der Waals surface area contributed by atoms with Crippen molar-refractivity contribution in [1.29, 1.82) is 0 Å². The molecule has 1 aromatic carbocycles. The Morgan fingerprint density at radius 2 is 2.00 bits per heavy atom. The highest BCUT2D eigenvalue weighted by Crippen LogP contribution is 2.31. The number of methoxy groups -OCH3 is 1. The van der Waals surface area contributed by atoms with Crippen LogP contribution >= 0.6 is 0 Å². The molecule has 0 bridgehead atoms. The van der Waals surface area contributed by atoms with Gasteiger partial charge in [-0.1, -0.05) is 6.07 Å². The number of hydrazine groups is 1. The number of benzene rings is 1. The van der Waals surface area contributed by atoms with Crippen LogP contribution in [-0.2, 0) is 0 Å². The lowest BCUT2D eigenvalue weighted by atomic mass is 10.2. The second-order valence-electron chi connectivity index (χ2n) is 3.86. The fraction of sp³-hybridized carbons (Fsp3) is 0.167. The van der Waals surface area contributed by atoms with Crippen LogP contribution in [0.15, 0.2) is 24.5 Å². The fourth-order valence-corrected chi connectivity index (χ4v) is 1.61. The lowest BCUT2D eigenvalue weighted by molar-refractivity contribution is 0.415. The number of nitrogens with two attached hydrogens (primary N) is 1. The molecule has 1 heterocycles. The normalized spacial score (nSPS) is 10.1. The lowest BCUT2D eigenvalue weighted by Crippen LogP contribution is -2.11. The molecule has 2 aromatic rings. The van der Waals surface area contributed by atoms with Crippen molar-refractivity contribution >= 4 is 17.3 Å². The van der Waals surface area contributed by atoms with Crippen LogP contribution in [0.5, 0.6) is 5.75 Å². The smallest absolute Gasteiger partial charge is 0.205 e. The van der Waals surface area contributed by atoms with E-state index < -0.39 is 0 Å². The number of aryl methyl sites for hydroxylation is 1. The summed E-state index contributed by atoms with van der Waals surface area (Å²) in [5.74, 6) is 5.89. The first-order chi connectivity index (χ1) is 9.15. The van der Waals surface area contributed by atoms with E-state index in [0.29, 0.717) is 23.1 Å². The number of nitrogens with one attached hydrogen (secondary N) is 2. The van der Waals surface area contributed by atoms with Crippen LogP contribution in [0.1, 0.15) is 5.56 Å². The molecule has 4 N–H and O–H groups in total. The van der Waals surface area contributed by atoms with Crippen LogP contribution in [0, 0.1) is 12.7 Å². The Hall–Kier alpha value is -2.41. The van der Waals surface area contributed by atoms with E-state index in [1.807, 2.05) is 6.92 Å². The molecule has 6 nitrogen and oxygen atoms in total. The number of aromatic nitrogens is 2.